The van der Waals surface area contributed by atoms with Crippen LogP contribution in [0.4, 0.5) is 0 Å². The van der Waals surface area contributed by atoms with Gasteiger partial charge in [-0.1, -0.05) is 6.92 Å². The molecule has 18 heavy (non-hydrogen) atoms. The molecule has 0 aromatic heterocycles. The molecule has 0 aromatic rings. The number of rotatable bonds is 5. The van der Waals surface area contributed by atoms with Gasteiger partial charge in [-0.2, -0.15) is 0 Å². The minimum Gasteiger partial charge on any atom is -0.469 e. The lowest BCUT2D eigenvalue weighted by Crippen LogP contribution is -2.48. The van der Waals surface area contributed by atoms with Gasteiger partial charge in [0.1, 0.15) is 0 Å². The Morgan fingerprint density at radius 2 is 2.00 bits per heavy atom. The molecule has 1 aliphatic heterocycles. The van der Waals surface area contributed by atoms with Crippen molar-refractivity contribution in [2.45, 2.75) is 6.92 Å². The van der Waals surface area contributed by atoms with E-state index in [1.54, 1.807) is 18.9 Å². The highest BCUT2D eigenvalue weighted by molar-refractivity contribution is 5.79. The number of amides is 1. The smallest absolute Gasteiger partial charge is 0.310 e. The molecule has 1 saturated heterocycles. The predicted molar refractivity (Wildman–Crippen MR) is 68.1 cm³/mol. The van der Waals surface area contributed by atoms with E-state index in [0.29, 0.717) is 13.1 Å². The number of carbonyl (C=O) groups is 2. The molecule has 0 aliphatic carbocycles. The minimum atomic E-state index is -0.285. The van der Waals surface area contributed by atoms with Crippen molar-refractivity contribution < 1.29 is 14.3 Å². The summed E-state index contributed by atoms with van der Waals surface area (Å²) in [5, 5.41) is 3.24. The summed E-state index contributed by atoms with van der Waals surface area (Å²) in [6.45, 7) is 6.23. The summed E-state index contributed by atoms with van der Waals surface area (Å²) in [6, 6.07) is 0. The van der Waals surface area contributed by atoms with Gasteiger partial charge < -0.3 is 15.0 Å². The molecule has 0 spiro atoms. The molecule has 104 valence electrons. The van der Waals surface area contributed by atoms with Gasteiger partial charge in [0.25, 0.3) is 0 Å². The van der Waals surface area contributed by atoms with Crippen LogP contribution >= 0.6 is 0 Å². The zero-order chi connectivity index (χ0) is 13.5. The van der Waals surface area contributed by atoms with Crippen molar-refractivity contribution in [3.05, 3.63) is 0 Å². The standard InChI is InChI=1S/C12H23N3O3/c1-10(12(17)18-3)8-14(2)11(16)9-15-6-4-13-5-7-15/h10,13H,4-9H2,1-3H3. The zero-order valence-corrected chi connectivity index (χ0v) is 11.4. The van der Waals surface area contributed by atoms with Crippen molar-refractivity contribution in [1.29, 1.82) is 0 Å². The van der Waals surface area contributed by atoms with Crippen LogP contribution in [-0.4, -0.2) is 75.1 Å². The van der Waals surface area contributed by atoms with Gasteiger partial charge in [-0.05, 0) is 0 Å². The third kappa shape index (κ3) is 4.62. The zero-order valence-electron chi connectivity index (χ0n) is 11.4. The van der Waals surface area contributed by atoms with Gasteiger partial charge in [0.2, 0.25) is 5.91 Å². The van der Waals surface area contributed by atoms with E-state index >= 15 is 0 Å². The van der Waals surface area contributed by atoms with Crippen LogP contribution in [0.1, 0.15) is 6.92 Å². The van der Waals surface area contributed by atoms with Crippen molar-refractivity contribution >= 4 is 11.9 Å². The van der Waals surface area contributed by atoms with Crippen LogP contribution in [0, 0.1) is 5.92 Å². The van der Waals surface area contributed by atoms with Gasteiger partial charge >= 0.3 is 5.97 Å². The van der Waals surface area contributed by atoms with Crippen LogP contribution in [-0.2, 0) is 14.3 Å². The SMILES string of the molecule is COC(=O)C(C)CN(C)C(=O)CN1CCNCC1. The number of nitrogens with one attached hydrogen (secondary N) is 1. The van der Waals surface area contributed by atoms with E-state index in [-0.39, 0.29) is 17.8 Å². The average Bonchev–Trinajstić information content (AvgIpc) is 2.38. The number of piperazine rings is 1. The molecule has 0 saturated carbocycles. The lowest BCUT2D eigenvalue weighted by Gasteiger charge is -2.29. The Balaban J connectivity index is 2.33. The Morgan fingerprint density at radius 1 is 1.39 bits per heavy atom. The first-order valence-corrected chi connectivity index (χ1v) is 6.29. The van der Waals surface area contributed by atoms with Crippen molar-refractivity contribution in [3.63, 3.8) is 0 Å². The molecule has 1 rings (SSSR count). The third-order valence-corrected chi connectivity index (χ3v) is 3.15. The van der Waals surface area contributed by atoms with E-state index in [4.69, 9.17) is 0 Å². The predicted octanol–water partition coefficient (Wildman–Crippen LogP) is -0.841. The van der Waals surface area contributed by atoms with Gasteiger partial charge in [0.15, 0.2) is 0 Å². The first kappa shape index (κ1) is 14.9. The molecule has 1 fully saturated rings. The van der Waals surface area contributed by atoms with Crippen LogP contribution < -0.4 is 5.32 Å². The lowest BCUT2D eigenvalue weighted by atomic mass is 10.2. The number of methoxy groups -OCH3 is 1. The summed E-state index contributed by atoms with van der Waals surface area (Å²) in [5.41, 5.74) is 0. The van der Waals surface area contributed by atoms with Crippen LogP contribution in [0.2, 0.25) is 0 Å². The number of esters is 1. The van der Waals surface area contributed by atoms with Crippen LogP contribution in [0.25, 0.3) is 0 Å². The van der Waals surface area contributed by atoms with Crippen molar-refractivity contribution in [2.24, 2.45) is 5.92 Å². The highest BCUT2D eigenvalue weighted by Gasteiger charge is 2.20. The lowest BCUT2D eigenvalue weighted by molar-refractivity contribution is -0.146. The van der Waals surface area contributed by atoms with E-state index in [0.717, 1.165) is 26.2 Å². The summed E-state index contributed by atoms with van der Waals surface area (Å²) in [4.78, 5) is 27.0. The molecule has 0 bridgehead atoms. The van der Waals surface area contributed by atoms with Crippen LogP contribution in [0.5, 0.6) is 0 Å². The Bertz CT molecular complexity index is 290. The van der Waals surface area contributed by atoms with Gasteiger partial charge in [0.05, 0.1) is 19.6 Å². The molecule has 6 heteroatoms. The van der Waals surface area contributed by atoms with E-state index in [2.05, 4.69) is 15.0 Å². The number of hydrogen-bond donors (Lipinski definition) is 1. The Hall–Kier alpha value is -1.14. The molecular weight excluding hydrogens is 234 g/mol. The second kappa shape index (κ2) is 7.33. The van der Waals surface area contributed by atoms with Gasteiger partial charge in [-0.25, -0.2) is 0 Å². The normalized spacial score (nSPS) is 18.2. The molecule has 1 atom stereocenters. The maximum absolute atomic E-state index is 12.0. The van der Waals surface area contributed by atoms with Crippen LogP contribution in [0.15, 0.2) is 0 Å². The fourth-order valence-electron chi connectivity index (χ4n) is 1.97. The molecule has 1 aliphatic rings. The molecular formula is C12H23N3O3. The average molecular weight is 257 g/mol. The number of hydrogen-bond acceptors (Lipinski definition) is 5. The summed E-state index contributed by atoms with van der Waals surface area (Å²) < 4.78 is 4.65. The minimum absolute atomic E-state index is 0.0488. The molecule has 1 N–H and O–H groups in total. The number of carbonyl (C=O) groups excluding carboxylic acids is 2. The molecule has 6 nitrogen and oxygen atoms in total. The molecule has 0 aromatic carbocycles. The monoisotopic (exact) mass is 257 g/mol. The van der Waals surface area contributed by atoms with Crippen molar-refractivity contribution in [3.8, 4) is 0 Å². The molecule has 1 amide bonds. The molecule has 1 unspecified atom stereocenters. The summed E-state index contributed by atoms with van der Waals surface area (Å²) >= 11 is 0. The first-order valence-electron chi connectivity index (χ1n) is 6.29. The van der Waals surface area contributed by atoms with E-state index in [1.165, 1.54) is 7.11 Å². The quantitative estimate of drug-likeness (QED) is 0.651. The second-order valence-corrected chi connectivity index (χ2v) is 4.72. The highest BCUT2D eigenvalue weighted by Crippen LogP contribution is 2.02. The van der Waals surface area contributed by atoms with Gasteiger partial charge in [0, 0.05) is 39.8 Å². The largest absolute Gasteiger partial charge is 0.469 e. The van der Waals surface area contributed by atoms with Gasteiger partial charge in [-0.15, -0.1) is 0 Å². The van der Waals surface area contributed by atoms with E-state index < -0.39 is 0 Å². The van der Waals surface area contributed by atoms with Crippen molar-refractivity contribution in [2.75, 3.05) is 53.4 Å². The van der Waals surface area contributed by atoms with E-state index in [1.807, 2.05) is 0 Å². The topological polar surface area (TPSA) is 61.9 Å². The molecule has 1 heterocycles. The second-order valence-electron chi connectivity index (χ2n) is 4.72. The maximum Gasteiger partial charge on any atom is 0.310 e. The van der Waals surface area contributed by atoms with Crippen LogP contribution in [0.3, 0.4) is 0 Å². The first-order chi connectivity index (χ1) is 8.54. The fraction of sp³-hybridized carbons (Fsp3) is 0.833. The summed E-state index contributed by atoms with van der Waals surface area (Å²) in [7, 11) is 3.09. The molecule has 0 radical (unpaired) electrons. The Morgan fingerprint density at radius 3 is 2.56 bits per heavy atom. The Labute approximate surface area is 108 Å². The van der Waals surface area contributed by atoms with E-state index in [9.17, 15) is 9.59 Å². The number of nitrogens with zero attached hydrogens (tertiary/aromatic N) is 2. The van der Waals surface area contributed by atoms with Gasteiger partial charge in [-0.3, -0.25) is 14.5 Å². The number of likely N-dealkylation sites (N-methyl/N-ethyl adjacent to an activating group) is 1. The Kier molecular flexibility index (Phi) is 6.07. The number of ether oxygens (including phenoxy) is 1. The fourth-order valence-corrected chi connectivity index (χ4v) is 1.97. The third-order valence-electron chi connectivity index (χ3n) is 3.15. The summed E-state index contributed by atoms with van der Waals surface area (Å²) in [5.74, 6) is -0.517. The summed E-state index contributed by atoms with van der Waals surface area (Å²) in [6.07, 6.45) is 0. The highest BCUT2D eigenvalue weighted by atomic mass is 16.5. The maximum atomic E-state index is 12.0. The van der Waals surface area contributed by atoms with Crippen molar-refractivity contribution in [1.82, 2.24) is 15.1 Å².